The highest BCUT2D eigenvalue weighted by atomic mass is 16.5. The van der Waals surface area contributed by atoms with Gasteiger partial charge in [-0.15, -0.1) is 0 Å². The van der Waals surface area contributed by atoms with Gasteiger partial charge in [-0.05, 0) is 18.6 Å². The van der Waals surface area contributed by atoms with Gasteiger partial charge in [0.2, 0.25) is 0 Å². The molecular formula is C12H18N2O2. The average Bonchev–Trinajstić information content (AvgIpc) is 2.61. The molecule has 2 N–H and O–H groups in total. The van der Waals surface area contributed by atoms with Crippen molar-refractivity contribution in [2.45, 2.75) is 31.6 Å². The van der Waals surface area contributed by atoms with Crippen molar-refractivity contribution in [3.63, 3.8) is 0 Å². The van der Waals surface area contributed by atoms with Crippen LogP contribution in [0.15, 0.2) is 24.5 Å². The van der Waals surface area contributed by atoms with Crippen molar-refractivity contribution in [1.82, 2.24) is 10.3 Å². The van der Waals surface area contributed by atoms with Crippen molar-refractivity contribution >= 4 is 0 Å². The van der Waals surface area contributed by atoms with Gasteiger partial charge in [-0.1, -0.05) is 6.07 Å². The molecule has 2 atom stereocenters. The molecule has 16 heavy (non-hydrogen) atoms. The number of hydrogen-bond donors (Lipinski definition) is 2. The van der Waals surface area contributed by atoms with E-state index in [1.807, 2.05) is 25.3 Å². The molecular weight excluding hydrogens is 204 g/mol. The summed E-state index contributed by atoms with van der Waals surface area (Å²) < 4.78 is 5.37. The number of hydrogen-bond acceptors (Lipinski definition) is 4. The van der Waals surface area contributed by atoms with Gasteiger partial charge in [-0.3, -0.25) is 4.98 Å². The topological polar surface area (TPSA) is 54.4 Å². The van der Waals surface area contributed by atoms with E-state index in [9.17, 15) is 5.11 Å². The highest BCUT2D eigenvalue weighted by molar-refractivity contribution is 5.08. The third-order valence-electron chi connectivity index (χ3n) is 3.14. The summed E-state index contributed by atoms with van der Waals surface area (Å²) >= 11 is 0. The second kappa shape index (κ2) is 4.91. The number of aliphatic hydroxyl groups is 1. The van der Waals surface area contributed by atoms with Gasteiger partial charge in [0, 0.05) is 38.5 Å². The van der Waals surface area contributed by atoms with Gasteiger partial charge in [0.1, 0.15) is 5.60 Å². The Morgan fingerprint density at radius 3 is 3.19 bits per heavy atom. The second-order valence-corrected chi connectivity index (χ2v) is 4.33. The average molecular weight is 222 g/mol. The van der Waals surface area contributed by atoms with Gasteiger partial charge < -0.3 is 15.2 Å². The number of ether oxygens (including phenoxy) is 1. The van der Waals surface area contributed by atoms with Crippen LogP contribution >= 0.6 is 0 Å². The van der Waals surface area contributed by atoms with Crippen LogP contribution in [0.25, 0.3) is 0 Å². The molecule has 1 aromatic heterocycles. The number of nitrogens with zero attached hydrogens (tertiary/aromatic N) is 1. The molecule has 1 aliphatic rings. The van der Waals surface area contributed by atoms with Crippen molar-refractivity contribution in [3.8, 4) is 0 Å². The Bertz CT molecular complexity index is 331. The predicted molar refractivity (Wildman–Crippen MR) is 60.9 cm³/mol. The second-order valence-electron chi connectivity index (χ2n) is 4.33. The van der Waals surface area contributed by atoms with E-state index in [-0.39, 0.29) is 6.10 Å². The molecule has 2 unspecified atom stereocenters. The van der Waals surface area contributed by atoms with Gasteiger partial charge in [0.15, 0.2) is 0 Å². The zero-order valence-electron chi connectivity index (χ0n) is 9.52. The van der Waals surface area contributed by atoms with Crippen molar-refractivity contribution < 1.29 is 9.84 Å². The number of nitrogens with one attached hydrogen (secondary N) is 1. The molecule has 1 aliphatic heterocycles. The van der Waals surface area contributed by atoms with Crippen LogP contribution in [0.5, 0.6) is 0 Å². The van der Waals surface area contributed by atoms with Crippen molar-refractivity contribution in [3.05, 3.63) is 30.1 Å². The first-order valence-corrected chi connectivity index (χ1v) is 5.64. The zero-order chi connectivity index (χ0) is 11.4. The molecule has 0 aliphatic carbocycles. The van der Waals surface area contributed by atoms with Gasteiger partial charge in [-0.2, -0.15) is 0 Å². The first kappa shape index (κ1) is 11.5. The summed E-state index contributed by atoms with van der Waals surface area (Å²) in [5.74, 6) is 0. The monoisotopic (exact) mass is 222 g/mol. The van der Waals surface area contributed by atoms with Gasteiger partial charge >= 0.3 is 0 Å². The molecule has 1 fully saturated rings. The Hall–Kier alpha value is -0.970. The summed E-state index contributed by atoms with van der Waals surface area (Å²) in [5, 5.41) is 13.5. The summed E-state index contributed by atoms with van der Waals surface area (Å²) in [6.45, 7) is 3.84. The highest BCUT2D eigenvalue weighted by Gasteiger charge is 2.38. The Morgan fingerprint density at radius 2 is 2.56 bits per heavy atom. The summed E-state index contributed by atoms with van der Waals surface area (Å²) in [7, 11) is 0. The van der Waals surface area contributed by atoms with Crippen LogP contribution in [0.1, 0.15) is 18.9 Å². The van der Waals surface area contributed by atoms with E-state index < -0.39 is 5.60 Å². The maximum absolute atomic E-state index is 10.2. The fourth-order valence-corrected chi connectivity index (χ4v) is 1.93. The maximum Gasteiger partial charge on any atom is 0.105 e. The summed E-state index contributed by atoms with van der Waals surface area (Å²) in [6, 6.07) is 3.92. The van der Waals surface area contributed by atoms with Crippen LogP contribution in [0.3, 0.4) is 0 Å². The van der Waals surface area contributed by atoms with E-state index in [0.29, 0.717) is 19.6 Å². The van der Waals surface area contributed by atoms with Crippen LogP contribution in [-0.2, 0) is 11.3 Å². The lowest BCUT2D eigenvalue weighted by molar-refractivity contribution is -0.0263. The van der Waals surface area contributed by atoms with Crippen LogP contribution in [-0.4, -0.2) is 34.9 Å². The smallest absolute Gasteiger partial charge is 0.105 e. The summed E-state index contributed by atoms with van der Waals surface area (Å²) in [5.41, 5.74) is 0.403. The van der Waals surface area contributed by atoms with E-state index >= 15 is 0 Å². The standard InChI is InChI=1S/C12H18N2O2/c1-10-12(15,4-6-16-10)9-14-8-11-3-2-5-13-7-11/h2-3,5,7,10,14-15H,4,6,8-9H2,1H3. The number of aromatic nitrogens is 1. The largest absolute Gasteiger partial charge is 0.386 e. The molecule has 0 amide bonds. The van der Waals surface area contributed by atoms with Crippen molar-refractivity contribution in [2.75, 3.05) is 13.2 Å². The van der Waals surface area contributed by atoms with Gasteiger partial charge in [0.05, 0.1) is 6.10 Å². The quantitative estimate of drug-likeness (QED) is 0.788. The molecule has 4 heteroatoms. The first-order valence-electron chi connectivity index (χ1n) is 5.64. The van der Waals surface area contributed by atoms with Gasteiger partial charge in [0.25, 0.3) is 0 Å². The SMILES string of the molecule is CC1OCCC1(O)CNCc1cccnc1. The van der Waals surface area contributed by atoms with E-state index in [2.05, 4.69) is 10.3 Å². The summed E-state index contributed by atoms with van der Waals surface area (Å²) in [6.07, 6.45) is 4.19. The van der Waals surface area contributed by atoms with E-state index in [0.717, 1.165) is 12.1 Å². The molecule has 0 saturated carbocycles. The van der Waals surface area contributed by atoms with Crippen LogP contribution in [0.2, 0.25) is 0 Å². The molecule has 0 spiro atoms. The lowest BCUT2D eigenvalue weighted by Gasteiger charge is -2.26. The van der Waals surface area contributed by atoms with Crippen LogP contribution < -0.4 is 5.32 Å². The Balaban J connectivity index is 1.80. The fourth-order valence-electron chi connectivity index (χ4n) is 1.93. The molecule has 1 saturated heterocycles. The summed E-state index contributed by atoms with van der Waals surface area (Å²) in [4.78, 5) is 4.04. The Kier molecular flexibility index (Phi) is 3.53. The van der Waals surface area contributed by atoms with E-state index in [1.165, 1.54) is 0 Å². The molecule has 1 aromatic rings. The molecule has 0 aromatic carbocycles. The van der Waals surface area contributed by atoms with E-state index in [1.54, 1.807) is 6.20 Å². The van der Waals surface area contributed by atoms with E-state index in [4.69, 9.17) is 4.74 Å². The minimum absolute atomic E-state index is 0.0890. The number of pyridine rings is 1. The third-order valence-corrected chi connectivity index (χ3v) is 3.14. The zero-order valence-corrected chi connectivity index (χ0v) is 9.52. The third kappa shape index (κ3) is 2.58. The molecule has 0 radical (unpaired) electrons. The lowest BCUT2D eigenvalue weighted by Crippen LogP contribution is -2.45. The predicted octanol–water partition coefficient (Wildman–Crippen LogP) is 0.711. The lowest BCUT2D eigenvalue weighted by atomic mass is 9.97. The highest BCUT2D eigenvalue weighted by Crippen LogP contribution is 2.24. The normalized spacial score (nSPS) is 29.5. The van der Waals surface area contributed by atoms with Crippen LogP contribution in [0, 0.1) is 0 Å². The molecule has 0 bridgehead atoms. The minimum atomic E-state index is -0.720. The fraction of sp³-hybridized carbons (Fsp3) is 0.583. The number of rotatable bonds is 4. The molecule has 4 nitrogen and oxygen atoms in total. The molecule has 2 rings (SSSR count). The van der Waals surface area contributed by atoms with Crippen molar-refractivity contribution in [2.24, 2.45) is 0 Å². The maximum atomic E-state index is 10.2. The first-order chi connectivity index (χ1) is 7.71. The molecule has 2 heterocycles. The van der Waals surface area contributed by atoms with Crippen molar-refractivity contribution in [1.29, 1.82) is 0 Å². The minimum Gasteiger partial charge on any atom is -0.386 e. The van der Waals surface area contributed by atoms with Gasteiger partial charge in [-0.25, -0.2) is 0 Å². The molecule has 88 valence electrons. The van der Waals surface area contributed by atoms with Crippen LogP contribution in [0.4, 0.5) is 0 Å². The Labute approximate surface area is 95.7 Å². The Morgan fingerprint density at radius 1 is 1.69 bits per heavy atom.